The highest BCUT2D eigenvalue weighted by Gasteiger charge is 2.31. The van der Waals surface area contributed by atoms with Crippen LogP contribution in [0, 0.1) is 0 Å². The van der Waals surface area contributed by atoms with Gasteiger partial charge in [-0.05, 0) is 18.2 Å². The second-order valence-corrected chi connectivity index (χ2v) is 6.07. The summed E-state index contributed by atoms with van der Waals surface area (Å²) in [6, 6.07) is 2.01. The van der Waals surface area contributed by atoms with E-state index in [4.69, 9.17) is 5.73 Å². The SMILES string of the molecule is CNC(=O)CCS(=O)(=O)c1ccc(C(F)(F)F)cc1N. The van der Waals surface area contributed by atoms with Crippen LogP contribution < -0.4 is 11.1 Å². The molecule has 0 fully saturated rings. The summed E-state index contributed by atoms with van der Waals surface area (Å²) in [4.78, 5) is 10.6. The van der Waals surface area contributed by atoms with Gasteiger partial charge >= 0.3 is 6.18 Å². The second-order valence-electron chi connectivity index (χ2n) is 3.99. The van der Waals surface area contributed by atoms with Crippen molar-refractivity contribution in [1.82, 2.24) is 5.32 Å². The lowest BCUT2D eigenvalue weighted by Crippen LogP contribution is -2.22. The minimum Gasteiger partial charge on any atom is -0.398 e. The Balaban J connectivity index is 3.05. The summed E-state index contributed by atoms with van der Waals surface area (Å²) in [7, 11) is -2.56. The summed E-state index contributed by atoms with van der Waals surface area (Å²) >= 11 is 0. The number of nitrogens with one attached hydrogen (secondary N) is 1. The predicted octanol–water partition coefficient (Wildman–Crippen LogP) is 1.20. The van der Waals surface area contributed by atoms with Crippen LogP contribution >= 0.6 is 0 Å². The fraction of sp³-hybridized carbons (Fsp3) is 0.364. The molecule has 1 rings (SSSR count). The maximum absolute atomic E-state index is 12.4. The Morgan fingerprint density at radius 1 is 1.35 bits per heavy atom. The second kappa shape index (κ2) is 5.70. The fourth-order valence-corrected chi connectivity index (χ4v) is 2.84. The maximum atomic E-state index is 12.4. The number of carbonyl (C=O) groups excluding carboxylic acids is 1. The van der Waals surface area contributed by atoms with Gasteiger partial charge in [0.1, 0.15) is 0 Å². The Kier molecular flexibility index (Phi) is 4.64. The Labute approximate surface area is 113 Å². The number of rotatable bonds is 4. The van der Waals surface area contributed by atoms with E-state index in [0.29, 0.717) is 12.1 Å². The third-order valence-corrected chi connectivity index (χ3v) is 4.33. The molecule has 1 aromatic rings. The van der Waals surface area contributed by atoms with Gasteiger partial charge in [0.25, 0.3) is 0 Å². The molecular formula is C11H13F3N2O3S. The van der Waals surface area contributed by atoms with Gasteiger partial charge in [-0.15, -0.1) is 0 Å². The van der Waals surface area contributed by atoms with Crippen LogP contribution in [0.1, 0.15) is 12.0 Å². The van der Waals surface area contributed by atoms with Gasteiger partial charge in [-0.25, -0.2) is 8.42 Å². The number of alkyl halides is 3. The average molecular weight is 310 g/mol. The molecule has 0 atom stereocenters. The predicted molar refractivity (Wildman–Crippen MR) is 66.6 cm³/mol. The summed E-state index contributed by atoms with van der Waals surface area (Å²) in [5, 5.41) is 2.25. The van der Waals surface area contributed by atoms with E-state index in [1.807, 2.05) is 0 Å². The molecule has 0 aliphatic rings. The topological polar surface area (TPSA) is 89.3 Å². The zero-order valence-corrected chi connectivity index (χ0v) is 11.3. The van der Waals surface area contributed by atoms with Crippen LogP contribution in [0.3, 0.4) is 0 Å². The average Bonchev–Trinajstić information content (AvgIpc) is 2.34. The molecule has 0 unspecified atom stereocenters. The van der Waals surface area contributed by atoms with Gasteiger partial charge < -0.3 is 11.1 Å². The molecule has 20 heavy (non-hydrogen) atoms. The van der Waals surface area contributed by atoms with Crippen LogP contribution in [0.4, 0.5) is 18.9 Å². The lowest BCUT2D eigenvalue weighted by molar-refractivity contribution is -0.137. The van der Waals surface area contributed by atoms with E-state index in [-0.39, 0.29) is 6.42 Å². The van der Waals surface area contributed by atoms with Gasteiger partial charge in [0.15, 0.2) is 9.84 Å². The van der Waals surface area contributed by atoms with Crippen molar-refractivity contribution in [2.45, 2.75) is 17.5 Å². The molecule has 0 aromatic heterocycles. The van der Waals surface area contributed by atoms with Crippen LogP contribution in [-0.4, -0.2) is 27.1 Å². The summed E-state index contributed by atoms with van der Waals surface area (Å²) in [5.74, 6) is -1.01. The standard InChI is InChI=1S/C11H13F3N2O3S/c1-16-10(17)4-5-20(18,19)9-3-2-7(6-8(9)15)11(12,13)14/h2-3,6H,4-5,15H2,1H3,(H,16,17). The number of nitrogens with two attached hydrogens (primary N) is 1. The number of hydrogen-bond donors (Lipinski definition) is 2. The Morgan fingerprint density at radius 3 is 2.40 bits per heavy atom. The molecule has 0 radical (unpaired) electrons. The number of sulfone groups is 1. The Hall–Kier alpha value is -1.77. The molecule has 0 aliphatic heterocycles. The van der Waals surface area contributed by atoms with Gasteiger partial charge in [0, 0.05) is 13.5 Å². The third kappa shape index (κ3) is 3.86. The van der Waals surface area contributed by atoms with Crippen molar-refractivity contribution >= 4 is 21.4 Å². The van der Waals surface area contributed by atoms with Crippen LogP contribution in [0.15, 0.2) is 23.1 Å². The number of anilines is 1. The molecular weight excluding hydrogens is 297 g/mol. The molecule has 112 valence electrons. The smallest absolute Gasteiger partial charge is 0.398 e. The minimum atomic E-state index is -4.60. The zero-order valence-electron chi connectivity index (χ0n) is 10.5. The molecule has 0 saturated carbocycles. The van der Waals surface area contributed by atoms with Crippen molar-refractivity contribution in [3.63, 3.8) is 0 Å². The van der Waals surface area contributed by atoms with E-state index in [1.165, 1.54) is 7.05 Å². The third-order valence-electron chi connectivity index (χ3n) is 2.55. The highest BCUT2D eigenvalue weighted by molar-refractivity contribution is 7.91. The van der Waals surface area contributed by atoms with Crippen molar-refractivity contribution in [2.24, 2.45) is 0 Å². The number of amides is 1. The fourth-order valence-electron chi connectivity index (χ4n) is 1.47. The maximum Gasteiger partial charge on any atom is 0.416 e. The summed E-state index contributed by atoms with van der Waals surface area (Å²) in [6.07, 6.45) is -4.89. The molecule has 0 bridgehead atoms. The first kappa shape index (κ1) is 16.3. The quantitative estimate of drug-likeness (QED) is 0.818. The van der Waals surface area contributed by atoms with Crippen molar-refractivity contribution < 1.29 is 26.4 Å². The van der Waals surface area contributed by atoms with Crippen LogP contribution in [0.2, 0.25) is 0 Å². The van der Waals surface area contributed by atoms with Gasteiger partial charge in [-0.3, -0.25) is 4.79 Å². The molecule has 1 amide bonds. The molecule has 0 heterocycles. The summed E-state index contributed by atoms with van der Waals surface area (Å²) in [5.41, 5.74) is 3.85. The Morgan fingerprint density at radius 2 is 1.95 bits per heavy atom. The number of benzene rings is 1. The molecule has 0 spiro atoms. The first-order valence-corrected chi connectivity index (χ1v) is 7.13. The lowest BCUT2D eigenvalue weighted by Gasteiger charge is -2.11. The van der Waals surface area contributed by atoms with E-state index in [2.05, 4.69) is 5.32 Å². The van der Waals surface area contributed by atoms with E-state index in [9.17, 15) is 26.4 Å². The molecule has 9 heteroatoms. The monoisotopic (exact) mass is 310 g/mol. The van der Waals surface area contributed by atoms with Gasteiger partial charge in [0.2, 0.25) is 5.91 Å². The van der Waals surface area contributed by atoms with Crippen LogP contribution in [-0.2, 0) is 20.8 Å². The van der Waals surface area contributed by atoms with Crippen molar-refractivity contribution in [3.05, 3.63) is 23.8 Å². The van der Waals surface area contributed by atoms with E-state index < -0.39 is 43.8 Å². The molecule has 5 nitrogen and oxygen atoms in total. The van der Waals surface area contributed by atoms with Crippen molar-refractivity contribution in [2.75, 3.05) is 18.5 Å². The molecule has 3 N–H and O–H groups in total. The van der Waals surface area contributed by atoms with Crippen molar-refractivity contribution in [3.8, 4) is 0 Å². The highest BCUT2D eigenvalue weighted by Crippen LogP contribution is 2.32. The van der Waals surface area contributed by atoms with E-state index >= 15 is 0 Å². The number of hydrogen-bond acceptors (Lipinski definition) is 4. The lowest BCUT2D eigenvalue weighted by atomic mass is 10.2. The van der Waals surface area contributed by atoms with Gasteiger partial charge in [-0.1, -0.05) is 0 Å². The van der Waals surface area contributed by atoms with E-state index in [0.717, 1.165) is 6.07 Å². The number of halogens is 3. The number of carbonyl (C=O) groups is 1. The highest BCUT2D eigenvalue weighted by atomic mass is 32.2. The van der Waals surface area contributed by atoms with E-state index in [1.54, 1.807) is 0 Å². The van der Waals surface area contributed by atoms with Crippen LogP contribution in [0.5, 0.6) is 0 Å². The largest absolute Gasteiger partial charge is 0.416 e. The molecule has 0 saturated heterocycles. The summed E-state index contributed by atoms with van der Waals surface area (Å²) in [6.45, 7) is 0. The normalized spacial score (nSPS) is 12.2. The first-order valence-electron chi connectivity index (χ1n) is 5.48. The van der Waals surface area contributed by atoms with Crippen LogP contribution in [0.25, 0.3) is 0 Å². The number of nitrogen functional groups attached to an aromatic ring is 1. The molecule has 1 aromatic carbocycles. The first-order chi connectivity index (χ1) is 9.08. The zero-order chi connectivity index (χ0) is 15.6. The van der Waals surface area contributed by atoms with Gasteiger partial charge in [0.05, 0.1) is 21.9 Å². The molecule has 0 aliphatic carbocycles. The van der Waals surface area contributed by atoms with Gasteiger partial charge in [-0.2, -0.15) is 13.2 Å². The Bertz CT molecular complexity index is 612. The summed E-state index contributed by atoms with van der Waals surface area (Å²) < 4.78 is 61.1. The van der Waals surface area contributed by atoms with Crippen molar-refractivity contribution in [1.29, 1.82) is 0 Å². The minimum absolute atomic E-state index is 0.292.